The van der Waals surface area contributed by atoms with Crippen LogP contribution in [0.2, 0.25) is 0 Å². The lowest BCUT2D eigenvalue weighted by molar-refractivity contribution is -0.105. The Hall–Kier alpha value is -2.37. The number of hydrogen-bond donors (Lipinski definition) is 2. The van der Waals surface area contributed by atoms with Crippen molar-refractivity contribution in [3.05, 3.63) is 36.4 Å². The molecule has 0 amide bonds. The van der Waals surface area contributed by atoms with Crippen LogP contribution in [0.5, 0.6) is 11.5 Å². The lowest BCUT2D eigenvalue weighted by Crippen LogP contribution is -2.56. The van der Waals surface area contributed by atoms with Crippen molar-refractivity contribution in [3.63, 3.8) is 0 Å². The molecule has 0 aliphatic heterocycles. The Morgan fingerprint density at radius 3 is 2.50 bits per heavy atom. The van der Waals surface area contributed by atoms with Crippen molar-refractivity contribution in [2.75, 3.05) is 0 Å². The molecule has 2 aliphatic carbocycles. The van der Waals surface area contributed by atoms with E-state index >= 15 is 0 Å². The van der Waals surface area contributed by atoms with Crippen LogP contribution in [0.1, 0.15) is 63.7 Å². The van der Waals surface area contributed by atoms with Crippen molar-refractivity contribution in [2.24, 2.45) is 34.5 Å². The number of benzene rings is 1. The number of nitrogens with zero attached hydrogens (tertiary/aromatic N) is 3. The third kappa shape index (κ3) is 3.50. The maximum absolute atomic E-state index is 13.9. The SMILES string of the molecule is C[C@@H]1[C@@H](Cn2cncn2)C[C@H]2C(C)(C)CCC[C@]2(C)[C@H]1C(=O)c1cc(O)cc(O)c1. The van der Waals surface area contributed by atoms with Crippen molar-refractivity contribution in [1.82, 2.24) is 14.8 Å². The average Bonchev–Trinajstić information content (AvgIpc) is 3.15. The summed E-state index contributed by atoms with van der Waals surface area (Å²) in [7, 11) is 0. The van der Waals surface area contributed by atoms with Gasteiger partial charge in [0.2, 0.25) is 0 Å². The lowest BCUT2D eigenvalue weighted by atomic mass is 9.44. The van der Waals surface area contributed by atoms with E-state index in [0.717, 1.165) is 25.8 Å². The molecular weight excluding hydrogens is 378 g/mol. The summed E-state index contributed by atoms with van der Waals surface area (Å²) in [6, 6.07) is 4.24. The molecule has 0 saturated heterocycles. The number of ketones is 1. The quantitative estimate of drug-likeness (QED) is 0.714. The Balaban J connectivity index is 1.76. The summed E-state index contributed by atoms with van der Waals surface area (Å²) in [5.41, 5.74) is 0.444. The Morgan fingerprint density at radius 1 is 1.17 bits per heavy atom. The number of carbonyl (C=O) groups is 1. The summed E-state index contributed by atoms with van der Waals surface area (Å²) in [6.07, 6.45) is 7.69. The molecule has 30 heavy (non-hydrogen) atoms. The maximum atomic E-state index is 13.9. The van der Waals surface area contributed by atoms with Gasteiger partial charge in [-0.1, -0.05) is 34.1 Å². The van der Waals surface area contributed by atoms with Gasteiger partial charge in [0.05, 0.1) is 0 Å². The number of aromatic hydroxyl groups is 2. The minimum absolute atomic E-state index is 0.0298. The summed E-state index contributed by atoms with van der Waals surface area (Å²) in [5.74, 6) is 0.581. The summed E-state index contributed by atoms with van der Waals surface area (Å²) >= 11 is 0. The first kappa shape index (κ1) is 20.9. The smallest absolute Gasteiger partial charge is 0.167 e. The lowest BCUT2D eigenvalue weighted by Gasteiger charge is -2.60. The van der Waals surface area contributed by atoms with Gasteiger partial charge in [0, 0.05) is 24.1 Å². The Morgan fingerprint density at radius 2 is 1.87 bits per heavy atom. The van der Waals surface area contributed by atoms with Gasteiger partial charge in [-0.2, -0.15) is 5.10 Å². The number of hydrogen-bond acceptors (Lipinski definition) is 5. The zero-order valence-electron chi connectivity index (χ0n) is 18.4. The third-order valence-electron chi connectivity index (χ3n) is 8.15. The molecule has 6 nitrogen and oxygen atoms in total. The van der Waals surface area contributed by atoms with Gasteiger partial charge < -0.3 is 10.2 Å². The van der Waals surface area contributed by atoms with Gasteiger partial charge in [0.25, 0.3) is 0 Å². The van der Waals surface area contributed by atoms with E-state index in [1.165, 1.54) is 24.6 Å². The number of phenolic OH excluding ortho intramolecular Hbond substituents is 2. The van der Waals surface area contributed by atoms with Crippen molar-refractivity contribution in [1.29, 1.82) is 0 Å². The van der Waals surface area contributed by atoms with Crippen LogP contribution in [0.3, 0.4) is 0 Å². The first-order valence-corrected chi connectivity index (χ1v) is 11.0. The topological polar surface area (TPSA) is 88.2 Å². The van der Waals surface area contributed by atoms with Crippen LogP contribution in [0.15, 0.2) is 30.9 Å². The summed E-state index contributed by atoms with van der Waals surface area (Å²) in [6.45, 7) is 9.93. The molecule has 1 heterocycles. The number of aromatic nitrogens is 3. The van der Waals surface area contributed by atoms with E-state index in [1.807, 2.05) is 4.68 Å². The van der Waals surface area contributed by atoms with Gasteiger partial charge in [0.1, 0.15) is 24.2 Å². The molecule has 2 N–H and O–H groups in total. The van der Waals surface area contributed by atoms with Gasteiger partial charge in [0.15, 0.2) is 5.78 Å². The molecule has 1 aromatic carbocycles. The second-order valence-corrected chi connectivity index (χ2v) is 10.5. The van der Waals surface area contributed by atoms with Crippen molar-refractivity contribution >= 4 is 5.78 Å². The fraction of sp³-hybridized carbons (Fsp3) is 0.625. The zero-order chi connectivity index (χ0) is 21.7. The van der Waals surface area contributed by atoms with E-state index in [-0.39, 0.29) is 39.9 Å². The number of carbonyl (C=O) groups excluding carboxylic acids is 1. The Labute approximate surface area is 178 Å². The third-order valence-corrected chi connectivity index (χ3v) is 8.15. The van der Waals surface area contributed by atoms with Crippen LogP contribution < -0.4 is 0 Å². The molecule has 6 heteroatoms. The van der Waals surface area contributed by atoms with Crippen LogP contribution in [0, 0.1) is 34.5 Å². The molecule has 162 valence electrons. The summed E-state index contributed by atoms with van der Waals surface area (Å²) in [4.78, 5) is 18.0. The largest absolute Gasteiger partial charge is 0.508 e. The second-order valence-electron chi connectivity index (χ2n) is 10.5. The maximum Gasteiger partial charge on any atom is 0.167 e. The van der Waals surface area contributed by atoms with Crippen LogP contribution in [-0.4, -0.2) is 30.8 Å². The van der Waals surface area contributed by atoms with Gasteiger partial charge >= 0.3 is 0 Å². The van der Waals surface area contributed by atoms with E-state index < -0.39 is 0 Å². The normalized spacial score (nSPS) is 33.1. The van der Waals surface area contributed by atoms with Crippen molar-refractivity contribution in [3.8, 4) is 11.5 Å². The van der Waals surface area contributed by atoms with Gasteiger partial charge in [-0.05, 0) is 60.0 Å². The molecule has 2 fully saturated rings. The van der Waals surface area contributed by atoms with E-state index in [9.17, 15) is 15.0 Å². The van der Waals surface area contributed by atoms with Crippen LogP contribution >= 0.6 is 0 Å². The summed E-state index contributed by atoms with van der Waals surface area (Å²) < 4.78 is 1.88. The number of Topliss-reactive ketones (excluding diaryl/α,β-unsaturated/α-hetero) is 1. The number of rotatable bonds is 4. The minimum atomic E-state index is -0.175. The molecule has 4 rings (SSSR count). The molecule has 2 saturated carbocycles. The van der Waals surface area contributed by atoms with Crippen molar-refractivity contribution in [2.45, 2.75) is 59.9 Å². The highest BCUT2D eigenvalue weighted by Crippen LogP contribution is 2.63. The van der Waals surface area contributed by atoms with Crippen molar-refractivity contribution < 1.29 is 15.0 Å². The standard InChI is InChI=1S/C24H33N3O3/c1-15-17(12-27-14-25-13-26-27)10-20-23(2,3)6-5-7-24(20,4)21(15)22(30)16-8-18(28)11-19(29)9-16/h8-9,11,13-15,17,20-21,28-29H,5-7,10,12H2,1-4H3/t15-,17-,20+,21-,24+/m1/s1. The van der Waals surface area contributed by atoms with Crippen LogP contribution in [0.25, 0.3) is 0 Å². The molecular formula is C24H33N3O3. The highest BCUT2D eigenvalue weighted by atomic mass is 16.3. The van der Waals surface area contributed by atoms with Crippen LogP contribution in [0.4, 0.5) is 0 Å². The Kier molecular flexibility index (Phi) is 5.15. The fourth-order valence-electron chi connectivity index (χ4n) is 6.78. The predicted octanol–water partition coefficient (Wildman–Crippen LogP) is 4.68. The molecule has 2 aliphatic rings. The minimum Gasteiger partial charge on any atom is -0.508 e. The number of phenols is 2. The molecule has 0 spiro atoms. The predicted molar refractivity (Wildman–Crippen MR) is 114 cm³/mol. The first-order valence-electron chi connectivity index (χ1n) is 11.0. The van der Waals surface area contributed by atoms with Gasteiger partial charge in [-0.25, -0.2) is 4.98 Å². The van der Waals surface area contributed by atoms with Gasteiger partial charge in [-0.15, -0.1) is 0 Å². The average molecular weight is 412 g/mol. The van der Waals surface area contributed by atoms with E-state index in [1.54, 1.807) is 12.7 Å². The molecule has 1 aromatic heterocycles. The number of fused-ring (bicyclic) bond motifs is 1. The van der Waals surface area contributed by atoms with E-state index in [2.05, 4.69) is 37.8 Å². The first-order chi connectivity index (χ1) is 14.1. The van der Waals surface area contributed by atoms with Gasteiger partial charge in [-0.3, -0.25) is 9.48 Å². The molecule has 5 atom stereocenters. The second kappa shape index (κ2) is 7.40. The summed E-state index contributed by atoms with van der Waals surface area (Å²) in [5, 5.41) is 24.3. The molecule has 0 unspecified atom stereocenters. The molecule has 0 radical (unpaired) electrons. The molecule has 2 aromatic rings. The Bertz CT molecular complexity index is 904. The zero-order valence-corrected chi connectivity index (χ0v) is 18.4. The van der Waals surface area contributed by atoms with E-state index in [4.69, 9.17) is 0 Å². The highest BCUT2D eigenvalue weighted by molar-refractivity contribution is 5.99. The fourth-order valence-corrected chi connectivity index (χ4v) is 6.78. The highest BCUT2D eigenvalue weighted by Gasteiger charge is 2.58. The monoisotopic (exact) mass is 411 g/mol. The van der Waals surface area contributed by atoms with Crippen LogP contribution in [-0.2, 0) is 6.54 Å². The van der Waals surface area contributed by atoms with E-state index in [0.29, 0.717) is 17.4 Å². The molecule has 0 bridgehead atoms.